The lowest BCUT2D eigenvalue weighted by atomic mass is 10.1. The molecule has 2 aromatic rings. The molecule has 0 bridgehead atoms. The Bertz CT molecular complexity index is 633. The van der Waals surface area contributed by atoms with Gasteiger partial charge in [-0.15, -0.1) is 0 Å². The Morgan fingerprint density at radius 2 is 2.05 bits per heavy atom. The molecule has 1 heterocycles. The number of nitrogens with one attached hydrogen (secondary N) is 2. The first-order chi connectivity index (χ1) is 10.0. The molecule has 1 aromatic heterocycles. The van der Waals surface area contributed by atoms with E-state index in [0.29, 0.717) is 13.0 Å². The van der Waals surface area contributed by atoms with E-state index in [2.05, 4.69) is 10.3 Å². The highest BCUT2D eigenvalue weighted by Gasteiger charge is 2.14. The van der Waals surface area contributed by atoms with Gasteiger partial charge in [-0.1, -0.05) is 0 Å². The van der Waals surface area contributed by atoms with Crippen LogP contribution in [0.1, 0.15) is 16.2 Å². The number of hydrazine groups is 1. The molecule has 0 saturated carbocycles. The van der Waals surface area contributed by atoms with E-state index in [1.165, 1.54) is 0 Å². The number of hydrogen-bond acceptors (Lipinski definition) is 4. The van der Waals surface area contributed by atoms with Gasteiger partial charge >= 0.3 is 0 Å². The van der Waals surface area contributed by atoms with Crippen LogP contribution in [0.15, 0.2) is 24.5 Å². The van der Waals surface area contributed by atoms with Crippen molar-refractivity contribution in [3.63, 3.8) is 0 Å². The fourth-order valence-corrected chi connectivity index (χ4v) is 1.87. The predicted octanol–water partition coefficient (Wildman–Crippen LogP) is 0.956. The van der Waals surface area contributed by atoms with Crippen molar-refractivity contribution >= 4 is 11.6 Å². The third-order valence-corrected chi connectivity index (χ3v) is 3.00. The lowest BCUT2D eigenvalue weighted by Crippen LogP contribution is -2.26. The fraction of sp³-hybridized carbons (Fsp3) is 0.231. The van der Waals surface area contributed by atoms with Gasteiger partial charge in [0.15, 0.2) is 11.6 Å². The van der Waals surface area contributed by atoms with E-state index >= 15 is 0 Å². The Morgan fingerprint density at radius 1 is 1.38 bits per heavy atom. The summed E-state index contributed by atoms with van der Waals surface area (Å²) in [4.78, 5) is 15.9. The van der Waals surface area contributed by atoms with Crippen LogP contribution in [0.5, 0.6) is 0 Å². The second kappa shape index (κ2) is 6.31. The minimum absolute atomic E-state index is 0.108. The van der Waals surface area contributed by atoms with Gasteiger partial charge in [0.25, 0.3) is 5.91 Å². The molecule has 2 rings (SSSR count). The summed E-state index contributed by atoms with van der Waals surface area (Å²) in [7, 11) is 1.84. The monoisotopic (exact) mass is 295 g/mol. The van der Waals surface area contributed by atoms with Crippen LogP contribution in [0, 0.1) is 11.6 Å². The minimum atomic E-state index is -0.924. The number of hydrogen-bond donors (Lipinski definition) is 3. The van der Waals surface area contributed by atoms with E-state index in [1.807, 2.05) is 17.0 Å². The third kappa shape index (κ3) is 3.34. The summed E-state index contributed by atoms with van der Waals surface area (Å²) < 4.78 is 28.8. The van der Waals surface area contributed by atoms with E-state index in [9.17, 15) is 13.6 Å². The first-order valence-electron chi connectivity index (χ1n) is 6.23. The van der Waals surface area contributed by atoms with Gasteiger partial charge in [0, 0.05) is 38.0 Å². The summed E-state index contributed by atoms with van der Waals surface area (Å²) in [5, 5.41) is 2.58. The smallest absolute Gasteiger partial charge is 0.251 e. The standard InChI is InChI=1S/C13H15F2N5O/c1-20-5-4-17-11(20)2-3-18-13(21)8-6-9(14)12(19-16)10(15)7-8/h4-7,19H,2-3,16H2,1H3,(H,18,21). The number of anilines is 1. The van der Waals surface area contributed by atoms with Crippen molar-refractivity contribution in [1.29, 1.82) is 0 Å². The molecule has 0 saturated heterocycles. The fourth-order valence-electron chi connectivity index (χ4n) is 1.87. The highest BCUT2D eigenvalue weighted by molar-refractivity contribution is 5.94. The highest BCUT2D eigenvalue weighted by Crippen LogP contribution is 2.19. The number of benzene rings is 1. The van der Waals surface area contributed by atoms with E-state index in [-0.39, 0.29) is 5.56 Å². The number of carbonyl (C=O) groups is 1. The second-order valence-electron chi connectivity index (χ2n) is 4.42. The number of carbonyl (C=O) groups excluding carboxylic acids is 1. The van der Waals surface area contributed by atoms with E-state index in [0.717, 1.165) is 18.0 Å². The maximum atomic E-state index is 13.5. The zero-order chi connectivity index (χ0) is 15.4. The van der Waals surface area contributed by atoms with Crippen LogP contribution in [0.3, 0.4) is 0 Å². The summed E-state index contributed by atoms with van der Waals surface area (Å²) in [5.74, 6) is 3.37. The molecule has 4 N–H and O–H groups in total. The Balaban J connectivity index is 1.99. The molecule has 1 aromatic carbocycles. The first-order valence-corrected chi connectivity index (χ1v) is 6.23. The van der Waals surface area contributed by atoms with Gasteiger partial charge in [-0.05, 0) is 12.1 Å². The number of aromatic nitrogens is 2. The topological polar surface area (TPSA) is 85.0 Å². The summed E-state index contributed by atoms with van der Waals surface area (Å²) in [6.45, 7) is 0.309. The number of nitrogen functional groups attached to an aromatic ring is 1. The molecule has 8 heteroatoms. The van der Waals surface area contributed by atoms with Crippen LogP contribution >= 0.6 is 0 Å². The van der Waals surface area contributed by atoms with Gasteiger partial charge in [0.2, 0.25) is 0 Å². The Kier molecular flexibility index (Phi) is 4.49. The molecule has 0 radical (unpaired) electrons. The van der Waals surface area contributed by atoms with Crippen LogP contribution in [0.25, 0.3) is 0 Å². The zero-order valence-corrected chi connectivity index (χ0v) is 11.4. The molecular formula is C13H15F2N5O. The molecule has 0 aliphatic rings. The summed E-state index contributed by atoms with van der Waals surface area (Å²) in [6.07, 6.45) is 3.96. The van der Waals surface area contributed by atoms with Crippen LogP contribution in [-0.2, 0) is 13.5 Å². The number of nitrogens with zero attached hydrogens (tertiary/aromatic N) is 2. The molecule has 0 fully saturated rings. The average molecular weight is 295 g/mol. The Labute approximate surface area is 119 Å². The van der Waals surface area contributed by atoms with Gasteiger partial charge < -0.3 is 15.3 Å². The summed E-state index contributed by atoms with van der Waals surface area (Å²) in [5.41, 5.74) is 1.32. The maximum Gasteiger partial charge on any atom is 0.251 e. The zero-order valence-electron chi connectivity index (χ0n) is 11.4. The number of aryl methyl sites for hydroxylation is 1. The van der Waals surface area contributed by atoms with Crippen LogP contribution in [-0.4, -0.2) is 22.0 Å². The third-order valence-electron chi connectivity index (χ3n) is 3.00. The number of imidazole rings is 1. The molecule has 21 heavy (non-hydrogen) atoms. The second-order valence-corrected chi connectivity index (χ2v) is 4.42. The Morgan fingerprint density at radius 3 is 2.57 bits per heavy atom. The first kappa shape index (κ1) is 14.9. The predicted molar refractivity (Wildman–Crippen MR) is 73.4 cm³/mol. The normalized spacial score (nSPS) is 10.5. The lowest BCUT2D eigenvalue weighted by molar-refractivity contribution is 0.0953. The number of halogens is 2. The average Bonchev–Trinajstić information content (AvgIpc) is 2.84. The van der Waals surface area contributed by atoms with Crippen molar-refractivity contribution < 1.29 is 13.6 Å². The largest absolute Gasteiger partial charge is 0.352 e. The molecule has 112 valence electrons. The number of nitrogens with two attached hydrogens (primary N) is 1. The van der Waals surface area contributed by atoms with E-state index in [1.54, 1.807) is 12.4 Å². The van der Waals surface area contributed by atoms with Gasteiger partial charge in [0.1, 0.15) is 11.5 Å². The van der Waals surface area contributed by atoms with Gasteiger partial charge in [-0.2, -0.15) is 0 Å². The van der Waals surface area contributed by atoms with Crippen molar-refractivity contribution in [3.05, 3.63) is 47.5 Å². The van der Waals surface area contributed by atoms with Crippen molar-refractivity contribution in [2.45, 2.75) is 6.42 Å². The van der Waals surface area contributed by atoms with E-state index in [4.69, 9.17) is 5.84 Å². The Hall–Kier alpha value is -2.48. The van der Waals surface area contributed by atoms with Crippen LogP contribution in [0.2, 0.25) is 0 Å². The summed E-state index contributed by atoms with van der Waals surface area (Å²) in [6, 6.07) is 1.85. The lowest BCUT2D eigenvalue weighted by Gasteiger charge is -2.08. The number of amides is 1. The highest BCUT2D eigenvalue weighted by atomic mass is 19.1. The van der Waals surface area contributed by atoms with Crippen molar-refractivity contribution in [2.75, 3.05) is 12.0 Å². The van der Waals surface area contributed by atoms with Crippen LogP contribution < -0.4 is 16.6 Å². The van der Waals surface area contributed by atoms with Gasteiger partial charge in [-0.25, -0.2) is 13.8 Å². The van der Waals surface area contributed by atoms with E-state index < -0.39 is 23.2 Å². The van der Waals surface area contributed by atoms with Crippen molar-refractivity contribution in [3.8, 4) is 0 Å². The molecular weight excluding hydrogens is 280 g/mol. The summed E-state index contributed by atoms with van der Waals surface area (Å²) >= 11 is 0. The molecule has 0 atom stereocenters. The van der Waals surface area contributed by atoms with Crippen molar-refractivity contribution in [2.24, 2.45) is 12.9 Å². The van der Waals surface area contributed by atoms with Crippen LogP contribution in [0.4, 0.5) is 14.5 Å². The number of rotatable bonds is 5. The maximum absolute atomic E-state index is 13.5. The minimum Gasteiger partial charge on any atom is -0.352 e. The quantitative estimate of drug-likeness (QED) is 0.566. The molecule has 1 amide bonds. The van der Waals surface area contributed by atoms with Gasteiger partial charge in [0.05, 0.1) is 0 Å². The molecule has 0 unspecified atom stereocenters. The molecule has 0 aliphatic carbocycles. The van der Waals surface area contributed by atoms with Crippen molar-refractivity contribution in [1.82, 2.24) is 14.9 Å². The molecule has 6 nitrogen and oxygen atoms in total. The SMILES string of the molecule is Cn1ccnc1CCNC(=O)c1cc(F)c(NN)c(F)c1. The molecule has 0 aliphatic heterocycles. The van der Waals surface area contributed by atoms with Gasteiger partial charge in [-0.3, -0.25) is 10.6 Å². The molecule has 0 spiro atoms.